The van der Waals surface area contributed by atoms with E-state index in [0.29, 0.717) is 22.8 Å². The number of carboxylic acids is 2. The Morgan fingerprint density at radius 2 is 0.872 bits per heavy atom. The van der Waals surface area contributed by atoms with Crippen LogP contribution in [-0.2, 0) is 16.8 Å². The van der Waals surface area contributed by atoms with Crippen molar-refractivity contribution in [3.8, 4) is 22.8 Å². The molecule has 0 aliphatic heterocycles. The summed E-state index contributed by atoms with van der Waals surface area (Å²) in [5.74, 6) is -1.33. The first-order chi connectivity index (χ1) is 17.5. The van der Waals surface area contributed by atoms with Crippen molar-refractivity contribution in [1.82, 2.24) is 19.9 Å². The van der Waals surface area contributed by atoms with Crippen molar-refractivity contribution in [2.24, 2.45) is 0 Å². The number of imidazole rings is 2. The van der Waals surface area contributed by atoms with Gasteiger partial charge in [0.15, 0.2) is 0 Å². The number of nitrogens with zero attached hydrogens (tertiary/aromatic N) is 2. The molecule has 0 atom stereocenters. The van der Waals surface area contributed by atoms with E-state index in [-0.39, 0.29) is 38.9 Å². The number of aromatic amines is 2. The fourth-order valence-electron chi connectivity index (χ4n) is 3.90. The Morgan fingerprint density at radius 3 is 1.23 bits per heavy atom. The first kappa shape index (κ1) is 30.4. The Kier molecular flexibility index (Phi) is 10.2. The topological polar surface area (TPSA) is 201 Å². The molecule has 6 N–H and O–H groups in total. The molecular formula is C28H22CoN4O6. The summed E-state index contributed by atoms with van der Waals surface area (Å²) >= 11 is 0. The third-order valence-corrected chi connectivity index (χ3v) is 5.58. The third kappa shape index (κ3) is 6.37. The van der Waals surface area contributed by atoms with E-state index in [9.17, 15) is 19.8 Å². The number of carbonyl (C=O) groups is 2. The fraction of sp³-hybridized carbons (Fsp3) is 0. The molecule has 2 aromatic heterocycles. The van der Waals surface area contributed by atoms with Gasteiger partial charge in [0.05, 0.1) is 34.0 Å². The molecule has 0 aliphatic rings. The number of aromatic nitrogens is 4. The molecular weight excluding hydrogens is 547 g/mol. The van der Waals surface area contributed by atoms with Crippen LogP contribution < -0.4 is 10.2 Å². The van der Waals surface area contributed by atoms with Crippen molar-refractivity contribution in [3.63, 3.8) is 0 Å². The molecule has 6 aromatic rings. The van der Waals surface area contributed by atoms with Crippen LogP contribution in [0.15, 0.2) is 97.1 Å². The van der Waals surface area contributed by atoms with Crippen LogP contribution in [0.5, 0.6) is 0 Å². The SMILES string of the molecule is O.O.O=C([O-])c1ccccc1-c1nc2ccccc2[nH]1.O=C([O-])c1ccccc1-c1nc2ccccc2[nH]1.[Co+2]. The van der Waals surface area contributed by atoms with Gasteiger partial charge >= 0.3 is 16.8 Å². The Bertz CT molecular complexity index is 1540. The number of benzene rings is 4. The number of hydrogen-bond acceptors (Lipinski definition) is 6. The largest absolute Gasteiger partial charge is 2.00 e. The summed E-state index contributed by atoms with van der Waals surface area (Å²) in [5, 5.41) is 22.1. The molecule has 0 fully saturated rings. The first-order valence-electron chi connectivity index (χ1n) is 11.0. The third-order valence-electron chi connectivity index (χ3n) is 5.58. The molecule has 1 radical (unpaired) electrons. The number of hydrogen-bond donors (Lipinski definition) is 2. The number of carboxylic acid groups (broad SMARTS) is 2. The smallest absolute Gasteiger partial charge is 0.545 e. The van der Waals surface area contributed by atoms with Gasteiger partial charge in [-0.3, -0.25) is 0 Å². The van der Waals surface area contributed by atoms with Gasteiger partial charge in [-0.15, -0.1) is 0 Å². The molecule has 0 bridgehead atoms. The van der Waals surface area contributed by atoms with Gasteiger partial charge in [-0.2, -0.15) is 0 Å². The van der Waals surface area contributed by atoms with Crippen LogP contribution >= 0.6 is 0 Å². The Balaban J connectivity index is 0.000000254. The number of aromatic carboxylic acids is 2. The summed E-state index contributed by atoms with van der Waals surface area (Å²) in [5.41, 5.74) is 4.71. The molecule has 199 valence electrons. The Morgan fingerprint density at radius 1 is 0.538 bits per heavy atom. The van der Waals surface area contributed by atoms with Gasteiger partial charge in [0.25, 0.3) is 0 Å². The van der Waals surface area contributed by atoms with Crippen LogP contribution in [0.3, 0.4) is 0 Å². The zero-order valence-electron chi connectivity index (χ0n) is 20.1. The second-order valence-corrected chi connectivity index (χ2v) is 7.87. The fourth-order valence-corrected chi connectivity index (χ4v) is 3.90. The Hall–Kier alpha value is -4.81. The summed E-state index contributed by atoms with van der Waals surface area (Å²) in [6, 6.07) is 28.4. The summed E-state index contributed by atoms with van der Waals surface area (Å²) in [4.78, 5) is 37.1. The first-order valence-corrected chi connectivity index (χ1v) is 11.0. The van der Waals surface area contributed by atoms with Crippen LogP contribution in [-0.4, -0.2) is 42.8 Å². The van der Waals surface area contributed by atoms with Crippen molar-refractivity contribution >= 4 is 34.0 Å². The van der Waals surface area contributed by atoms with E-state index in [1.54, 1.807) is 36.4 Å². The van der Waals surface area contributed by atoms with Crippen LogP contribution in [0.1, 0.15) is 20.7 Å². The van der Waals surface area contributed by atoms with Gasteiger partial charge in [0, 0.05) is 22.3 Å². The zero-order chi connectivity index (χ0) is 25.1. The number of para-hydroxylation sites is 4. The average molecular weight is 569 g/mol. The maximum absolute atomic E-state index is 11.1. The molecule has 0 saturated carbocycles. The molecule has 11 heteroatoms. The van der Waals surface area contributed by atoms with E-state index in [1.165, 1.54) is 12.1 Å². The predicted molar refractivity (Wildman–Crippen MR) is 139 cm³/mol. The molecule has 4 aromatic carbocycles. The van der Waals surface area contributed by atoms with Crippen LogP contribution in [0, 0.1) is 0 Å². The molecule has 10 nitrogen and oxygen atoms in total. The number of H-pyrrole nitrogens is 2. The van der Waals surface area contributed by atoms with Gasteiger partial charge in [-0.1, -0.05) is 72.8 Å². The van der Waals surface area contributed by atoms with Crippen molar-refractivity contribution in [3.05, 3.63) is 108 Å². The predicted octanol–water partition coefficient (Wildman–Crippen LogP) is 1.53. The number of rotatable bonds is 4. The molecule has 6 rings (SSSR count). The second kappa shape index (κ2) is 13.1. The maximum atomic E-state index is 11.1. The van der Waals surface area contributed by atoms with Gasteiger partial charge in [-0.05, 0) is 24.3 Å². The van der Waals surface area contributed by atoms with Crippen LogP contribution in [0.4, 0.5) is 0 Å². The van der Waals surface area contributed by atoms with Gasteiger partial charge < -0.3 is 40.7 Å². The van der Waals surface area contributed by atoms with Crippen molar-refractivity contribution < 1.29 is 47.5 Å². The minimum atomic E-state index is -1.20. The van der Waals surface area contributed by atoms with Gasteiger partial charge in [0.2, 0.25) is 0 Å². The summed E-state index contributed by atoms with van der Waals surface area (Å²) in [6.45, 7) is 0. The maximum Gasteiger partial charge on any atom is 2.00 e. The molecule has 39 heavy (non-hydrogen) atoms. The number of carbonyl (C=O) groups excluding carboxylic acids is 2. The molecule has 2 heterocycles. The summed E-state index contributed by atoms with van der Waals surface area (Å²) in [7, 11) is 0. The van der Waals surface area contributed by atoms with E-state index in [1.807, 2.05) is 48.5 Å². The standard InChI is InChI=1S/2C14H10N2O2.Co.2H2O/c2*17-14(18)10-6-2-1-5-9(10)13-15-11-7-3-4-8-12(11)16-13;;;/h2*1-8H,(H,15,16)(H,17,18);;2*1H2/q;;+2;;/p-2. The van der Waals surface area contributed by atoms with E-state index >= 15 is 0 Å². The van der Waals surface area contributed by atoms with E-state index in [2.05, 4.69) is 19.9 Å². The zero-order valence-corrected chi connectivity index (χ0v) is 21.1. The van der Waals surface area contributed by atoms with E-state index < -0.39 is 11.9 Å². The quantitative estimate of drug-likeness (QED) is 0.322. The summed E-state index contributed by atoms with van der Waals surface area (Å²) in [6.07, 6.45) is 0. The van der Waals surface area contributed by atoms with Crippen molar-refractivity contribution in [2.45, 2.75) is 0 Å². The molecule has 0 aliphatic carbocycles. The molecule has 0 amide bonds. The number of nitrogens with one attached hydrogen (secondary N) is 2. The second-order valence-electron chi connectivity index (χ2n) is 7.87. The van der Waals surface area contributed by atoms with Crippen LogP contribution in [0.2, 0.25) is 0 Å². The van der Waals surface area contributed by atoms with E-state index in [0.717, 1.165) is 22.1 Å². The molecule has 0 spiro atoms. The molecule has 0 saturated heterocycles. The van der Waals surface area contributed by atoms with E-state index in [4.69, 9.17) is 0 Å². The Labute approximate surface area is 232 Å². The monoisotopic (exact) mass is 569 g/mol. The van der Waals surface area contributed by atoms with Crippen molar-refractivity contribution in [2.75, 3.05) is 0 Å². The minimum Gasteiger partial charge on any atom is -0.545 e. The van der Waals surface area contributed by atoms with Crippen LogP contribution in [0.25, 0.3) is 44.8 Å². The van der Waals surface area contributed by atoms with Crippen molar-refractivity contribution in [1.29, 1.82) is 0 Å². The minimum absolute atomic E-state index is 0. The summed E-state index contributed by atoms with van der Waals surface area (Å²) < 4.78 is 0. The molecule has 0 unspecified atom stereocenters. The van der Waals surface area contributed by atoms with Gasteiger partial charge in [0.1, 0.15) is 11.6 Å². The number of fused-ring (bicyclic) bond motifs is 2. The normalized spacial score (nSPS) is 9.85. The average Bonchev–Trinajstić information content (AvgIpc) is 3.53. The van der Waals surface area contributed by atoms with Gasteiger partial charge in [-0.25, -0.2) is 9.97 Å².